The SMILES string of the molecule is CCNC(=O)[C@H](C)N(Cc1cccc(Cl)c1)C(=O)CN(c1cc(C)cc(C)c1)S(=O)(=O)c1ccc(OC)c(OC)c1. The predicted octanol–water partition coefficient (Wildman–Crippen LogP) is 4.72. The summed E-state index contributed by atoms with van der Waals surface area (Å²) in [4.78, 5) is 28.1. The fourth-order valence-corrected chi connectivity index (χ4v) is 6.09. The molecule has 0 bridgehead atoms. The number of halogens is 1. The van der Waals surface area contributed by atoms with Crippen molar-refractivity contribution < 1.29 is 27.5 Å². The average molecular weight is 602 g/mol. The van der Waals surface area contributed by atoms with Gasteiger partial charge in [0.05, 0.1) is 24.8 Å². The second-order valence-electron chi connectivity index (χ2n) is 9.60. The number of aryl methyl sites for hydroxylation is 2. The Morgan fingerprint density at radius 3 is 2.20 bits per heavy atom. The van der Waals surface area contributed by atoms with E-state index in [4.69, 9.17) is 21.1 Å². The van der Waals surface area contributed by atoms with Crippen LogP contribution in [-0.2, 0) is 26.2 Å². The van der Waals surface area contributed by atoms with Gasteiger partial charge in [0.15, 0.2) is 11.5 Å². The Labute approximate surface area is 247 Å². The van der Waals surface area contributed by atoms with Crippen LogP contribution in [0.25, 0.3) is 0 Å². The maximum absolute atomic E-state index is 14.2. The topological polar surface area (TPSA) is 105 Å². The van der Waals surface area contributed by atoms with Crippen LogP contribution in [0.3, 0.4) is 0 Å². The maximum atomic E-state index is 14.2. The maximum Gasteiger partial charge on any atom is 0.264 e. The molecular formula is C30H36ClN3O6S. The minimum atomic E-state index is -4.28. The summed E-state index contributed by atoms with van der Waals surface area (Å²) in [7, 11) is -1.41. The summed E-state index contributed by atoms with van der Waals surface area (Å²) in [5.74, 6) is -0.327. The highest BCUT2D eigenvalue weighted by Crippen LogP contribution is 2.33. The quantitative estimate of drug-likeness (QED) is 0.322. The molecule has 41 heavy (non-hydrogen) atoms. The van der Waals surface area contributed by atoms with Crippen molar-refractivity contribution in [2.24, 2.45) is 0 Å². The largest absolute Gasteiger partial charge is 0.493 e. The van der Waals surface area contributed by atoms with Gasteiger partial charge in [-0.15, -0.1) is 0 Å². The van der Waals surface area contributed by atoms with E-state index in [-0.39, 0.29) is 23.1 Å². The van der Waals surface area contributed by atoms with Gasteiger partial charge in [0.2, 0.25) is 11.8 Å². The van der Waals surface area contributed by atoms with Crippen molar-refractivity contribution in [1.29, 1.82) is 0 Å². The standard InChI is InChI=1S/C30H36ClN3O6S/c1-7-32-30(36)22(4)33(18-23-9-8-10-24(31)16-23)29(35)19-34(25-14-20(2)13-21(3)15-25)41(37,38)26-11-12-27(39-5)28(17-26)40-6/h8-17,22H,7,18-19H2,1-6H3,(H,32,36)/t22-/m0/s1. The van der Waals surface area contributed by atoms with Crippen LogP contribution in [0, 0.1) is 13.8 Å². The Kier molecular flexibility index (Phi) is 10.6. The smallest absolute Gasteiger partial charge is 0.264 e. The normalized spacial score (nSPS) is 11.9. The highest BCUT2D eigenvalue weighted by Gasteiger charge is 2.33. The van der Waals surface area contributed by atoms with Crippen molar-refractivity contribution in [3.05, 3.63) is 82.4 Å². The minimum Gasteiger partial charge on any atom is -0.493 e. The number of benzene rings is 3. The minimum absolute atomic E-state index is 0.0504. The van der Waals surface area contributed by atoms with Gasteiger partial charge in [-0.3, -0.25) is 13.9 Å². The van der Waals surface area contributed by atoms with Crippen LogP contribution in [0.5, 0.6) is 11.5 Å². The van der Waals surface area contributed by atoms with Gasteiger partial charge in [0.25, 0.3) is 10.0 Å². The summed E-state index contributed by atoms with van der Waals surface area (Å²) < 4.78 is 40.0. The van der Waals surface area contributed by atoms with Crippen LogP contribution in [0.15, 0.2) is 65.6 Å². The molecule has 0 aliphatic rings. The molecule has 0 fully saturated rings. The first kappa shape index (κ1) is 31.8. The van der Waals surface area contributed by atoms with Gasteiger partial charge in [-0.2, -0.15) is 0 Å². The van der Waals surface area contributed by atoms with E-state index in [0.29, 0.717) is 28.6 Å². The van der Waals surface area contributed by atoms with Crippen molar-refractivity contribution in [2.45, 2.75) is 45.2 Å². The Hall–Kier alpha value is -3.76. The lowest BCUT2D eigenvalue weighted by molar-refractivity contribution is -0.139. The number of hydrogen-bond acceptors (Lipinski definition) is 6. The van der Waals surface area contributed by atoms with Gasteiger partial charge in [-0.25, -0.2) is 8.42 Å². The molecule has 1 N–H and O–H groups in total. The third kappa shape index (κ3) is 7.71. The molecule has 3 rings (SSSR count). The number of likely N-dealkylation sites (N-methyl/N-ethyl adjacent to an activating group) is 1. The van der Waals surface area contributed by atoms with Crippen molar-refractivity contribution in [3.63, 3.8) is 0 Å². The molecule has 0 saturated carbocycles. The number of nitrogens with zero attached hydrogens (tertiary/aromatic N) is 2. The average Bonchev–Trinajstić information content (AvgIpc) is 2.93. The lowest BCUT2D eigenvalue weighted by atomic mass is 10.1. The molecule has 0 unspecified atom stereocenters. The molecule has 3 aromatic carbocycles. The lowest BCUT2D eigenvalue weighted by Gasteiger charge is -2.32. The fourth-order valence-electron chi connectivity index (χ4n) is 4.46. The summed E-state index contributed by atoms with van der Waals surface area (Å²) in [5.41, 5.74) is 2.67. The Balaban J connectivity index is 2.11. The number of anilines is 1. The number of sulfonamides is 1. The van der Waals surface area contributed by atoms with Gasteiger partial charge >= 0.3 is 0 Å². The molecule has 0 heterocycles. The highest BCUT2D eigenvalue weighted by atomic mass is 35.5. The molecule has 0 aromatic heterocycles. The number of carbonyl (C=O) groups excluding carboxylic acids is 2. The molecule has 0 spiro atoms. The van der Waals surface area contributed by atoms with Gasteiger partial charge in [-0.1, -0.05) is 29.8 Å². The van der Waals surface area contributed by atoms with Crippen molar-refractivity contribution in [2.75, 3.05) is 31.6 Å². The summed E-state index contributed by atoms with van der Waals surface area (Å²) in [5, 5.41) is 3.22. The number of nitrogens with one attached hydrogen (secondary N) is 1. The van der Waals surface area contributed by atoms with E-state index >= 15 is 0 Å². The van der Waals surface area contributed by atoms with Crippen LogP contribution < -0.4 is 19.1 Å². The molecule has 0 radical (unpaired) electrons. The zero-order chi connectivity index (χ0) is 30.3. The molecule has 9 nitrogen and oxygen atoms in total. The van der Waals surface area contributed by atoms with Gasteiger partial charge in [-0.05, 0) is 80.8 Å². The number of amides is 2. The van der Waals surface area contributed by atoms with Crippen LogP contribution in [-0.4, -0.2) is 58.5 Å². The number of hydrogen-bond donors (Lipinski definition) is 1. The Morgan fingerprint density at radius 1 is 0.951 bits per heavy atom. The molecule has 11 heteroatoms. The first-order valence-corrected chi connectivity index (χ1v) is 14.9. The van der Waals surface area contributed by atoms with Crippen molar-refractivity contribution in [3.8, 4) is 11.5 Å². The van der Waals surface area contributed by atoms with Gasteiger partial charge in [0, 0.05) is 24.2 Å². The monoisotopic (exact) mass is 601 g/mol. The zero-order valence-corrected chi connectivity index (χ0v) is 25.7. The number of methoxy groups -OCH3 is 2. The van der Waals surface area contributed by atoms with E-state index < -0.39 is 28.5 Å². The van der Waals surface area contributed by atoms with Gasteiger partial charge in [0.1, 0.15) is 12.6 Å². The number of carbonyl (C=O) groups is 2. The molecule has 0 aliphatic heterocycles. The van der Waals surface area contributed by atoms with E-state index in [1.54, 1.807) is 50.2 Å². The Bertz CT molecular complexity index is 1490. The highest BCUT2D eigenvalue weighted by molar-refractivity contribution is 7.92. The van der Waals surface area contributed by atoms with Gasteiger partial charge < -0.3 is 19.7 Å². The molecule has 1 atom stereocenters. The van der Waals surface area contributed by atoms with Crippen molar-refractivity contribution in [1.82, 2.24) is 10.2 Å². The first-order chi connectivity index (χ1) is 19.4. The molecule has 0 aliphatic carbocycles. The van der Waals surface area contributed by atoms with Crippen molar-refractivity contribution >= 4 is 39.1 Å². The van der Waals surface area contributed by atoms with Crippen LogP contribution in [0.2, 0.25) is 5.02 Å². The van der Waals surface area contributed by atoms with Crippen LogP contribution >= 0.6 is 11.6 Å². The summed E-state index contributed by atoms with van der Waals surface area (Å²) in [6.45, 7) is 6.97. The number of ether oxygens (including phenoxy) is 2. The molecule has 3 aromatic rings. The first-order valence-electron chi connectivity index (χ1n) is 13.1. The van der Waals surface area contributed by atoms with E-state index in [9.17, 15) is 18.0 Å². The molecule has 2 amide bonds. The van der Waals surface area contributed by atoms with Crippen LogP contribution in [0.4, 0.5) is 5.69 Å². The molecular weight excluding hydrogens is 566 g/mol. The predicted molar refractivity (Wildman–Crippen MR) is 160 cm³/mol. The summed E-state index contributed by atoms with van der Waals surface area (Å²) in [6, 6.07) is 15.6. The second kappa shape index (κ2) is 13.7. The van der Waals surface area contributed by atoms with E-state index in [0.717, 1.165) is 15.4 Å². The number of rotatable bonds is 12. The van der Waals surface area contributed by atoms with Crippen LogP contribution in [0.1, 0.15) is 30.5 Å². The van der Waals surface area contributed by atoms with E-state index in [1.807, 2.05) is 19.9 Å². The van der Waals surface area contributed by atoms with E-state index in [2.05, 4.69) is 5.32 Å². The molecule has 220 valence electrons. The molecule has 0 saturated heterocycles. The summed E-state index contributed by atoms with van der Waals surface area (Å²) >= 11 is 6.18. The lowest BCUT2D eigenvalue weighted by Crippen LogP contribution is -2.51. The third-order valence-corrected chi connectivity index (χ3v) is 8.48. The fraction of sp³-hybridized carbons (Fsp3) is 0.333. The Morgan fingerprint density at radius 2 is 1.61 bits per heavy atom. The summed E-state index contributed by atoms with van der Waals surface area (Å²) in [6.07, 6.45) is 0. The van der Waals surface area contributed by atoms with E-state index in [1.165, 1.54) is 37.3 Å². The zero-order valence-electron chi connectivity index (χ0n) is 24.1. The third-order valence-electron chi connectivity index (χ3n) is 6.48. The second-order valence-corrected chi connectivity index (χ2v) is 11.9.